The lowest BCUT2D eigenvalue weighted by atomic mass is 10.00. The molecule has 4 nitrogen and oxygen atoms in total. The monoisotopic (exact) mass is 330 g/mol. The standard InChI is InChI=1S/C20H30N2O2/c1-4-5-15-24-17(3)20(23)21-19-11-13-22(14-12-19)16(2)18-9-7-6-8-10-18/h4,6-10,16-17,19H,1,5,11-15H2,2-3H3,(H,21,23)/t16-,17+/m1/s1. The van der Waals surface area contributed by atoms with Crippen molar-refractivity contribution in [1.82, 2.24) is 10.2 Å². The molecule has 1 amide bonds. The Hall–Kier alpha value is -1.65. The molecule has 0 saturated carbocycles. The van der Waals surface area contributed by atoms with E-state index in [1.54, 1.807) is 6.08 Å². The number of nitrogens with zero attached hydrogens (tertiary/aromatic N) is 1. The van der Waals surface area contributed by atoms with Crippen molar-refractivity contribution in [3.63, 3.8) is 0 Å². The molecule has 1 N–H and O–H groups in total. The zero-order valence-corrected chi connectivity index (χ0v) is 14.9. The highest BCUT2D eigenvalue weighted by molar-refractivity contribution is 5.80. The Labute approximate surface area is 145 Å². The van der Waals surface area contributed by atoms with Gasteiger partial charge in [0.25, 0.3) is 0 Å². The predicted molar refractivity (Wildman–Crippen MR) is 97.8 cm³/mol. The molecule has 0 spiro atoms. The molecule has 4 heteroatoms. The van der Waals surface area contributed by atoms with Crippen LogP contribution in [0.25, 0.3) is 0 Å². The molecule has 1 aromatic carbocycles. The van der Waals surface area contributed by atoms with Gasteiger partial charge in [0.1, 0.15) is 6.10 Å². The molecule has 1 heterocycles. The highest BCUT2D eigenvalue weighted by Gasteiger charge is 2.25. The molecule has 1 aliphatic rings. The Morgan fingerprint density at radius 1 is 1.33 bits per heavy atom. The lowest BCUT2D eigenvalue weighted by molar-refractivity contribution is -0.132. The third-order valence-electron chi connectivity index (χ3n) is 4.76. The molecule has 1 aliphatic heterocycles. The molecular formula is C20H30N2O2. The summed E-state index contributed by atoms with van der Waals surface area (Å²) in [6.07, 6.45) is 4.15. The minimum absolute atomic E-state index is 0.00591. The van der Waals surface area contributed by atoms with Gasteiger partial charge in [-0.3, -0.25) is 9.69 Å². The van der Waals surface area contributed by atoms with E-state index < -0.39 is 6.10 Å². The molecule has 0 radical (unpaired) electrons. The van der Waals surface area contributed by atoms with Gasteiger partial charge in [-0.15, -0.1) is 6.58 Å². The molecule has 132 valence electrons. The second kappa shape index (κ2) is 9.60. The zero-order valence-electron chi connectivity index (χ0n) is 14.9. The number of likely N-dealkylation sites (tertiary alicyclic amines) is 1. The number of nitrogens with one attached hydrogen (secondary N) is 1. The summed E-state index contributed by atoms with van der Waals surface area (Å²) in [4.78, 5) is 14.7. The minimum atomic E-state index is -0.397. The summed E-state index contributed by atoms with van der Waals surface area (Å²) in [5.74, 6) is -0.00591. The molecule has 0 unspecified atom stereocenters. The number of carbonyl (C=O) groups excluding carboxylic acids is 1. The molecular weight excluding hydrogens is 300 g/mol. The van der Waals surface area contributed by atoms with E-state index in [1.165, 1.54) is 5.56 Å². The fourth-order valence-corrected chi connectivity index (χ4v) is 3.10. The fraction of sp³-hybridized carbons (Fsp3) is 0.550. The number of amides is 1. The van der Waals surface area contributed by atoms with Crippen molar-refractivity contribution in [1.29, 1.82) is 0 Å². The van der Waals surface area contributed by atoms with Crippen LogP contribution in [0.3, 0.4) is 0 Å². The summed E-state index contributed by atoms with van der Waals surface area (Å²) in [7, 11) is 0. The van der Waals surface area contributed by atoms with E-state index in [4.69, 9.17) is 4.74 Å². The lowest BCUT2D eigenvalue weighted by Crippen LogP contribution is -2.47. The van der Waals surface area contributed by atoms with Gasteiger partial charge in [0.05, 0.1) is 6.61 Å². The Morgan fingerprint density at radius 3 is 2.62 bits per heavy atom. The van der Waals surface area contributed by atoms with Crippen molar-refractivity contribution >= 4 is 5.91 Å². The normalized spacial score (nSPS) is 18.8. The number of carbonyl (C=O) groups is 1. The highest BCUT2D eigenvalue weighted by atomic mass is 16.5. The van der Waals surface area contributed by atoms with Gasteiger partial charge in [-0.05, 0) is 38.7 Å². The fourth-order valence-electron chi connectivity index (χ4n) is 3.10. The summed E-state index contributed by atoms with van der Waals surface area (Å²) in [6, 6.07) is 11.3. The van der Waals surface area contributed by atoms with Crippen LogP contribution in [-0.2, 0) is 9.53 Å². The number of rotatable bonds is 8. The van der Waals surface area contributed by atoms with E-state index in [0.717, 1.165) is 32.4 Å². The van der Waals surface area contributed by atoms with Gasteiger partial charge in [-0.25, -0.2) is 0 Å². The van der Waals surface area contributed by atoms with Crippen LogP contribution in [0.1, 0.15) is 44.7 Å². The third-order valence-corrected chi connectivity index (χ3v) is 4.76. The first kappa shape index (κ1) is 18.7. The largest absolute Gasteiger partial charge is 0.368 e. The van der Waals surface area contributed by atoms with Crippen LogP contribution in [0, 0.1) is 0 Å². The van der Waals surface area contributed by atoms with E-state index in [2.05, 4.69) is 54.1 Å². The van der Waals surface area contributed by atoms with Crippen LogP contribution in [0.5, 0.6) is 0 Å². The van der Waals surface area contributed by atoms with E-state index in [-0.39, 0.29) is 11.9 Å². The van der Waals surface area contributed by atoms with Gasteiger partial charge < -0.3 is 10.1 Å². The average Bonchev–Trinajstić information content (AvgIpc) is 2.62. The van der Waals surface area contributed by atoms with Crippen molar-refractivity contribution in [3.8, 4) is 0 Å². The quantitative estimate of drug-likeness (QED) is 0.587. The van der Waals surface area contributed by atoms with Gasteiger partial charge in [-0.1, -0.05) is 36.4 Å². The Bertz CT molecular complexity index is 510. The van der Waals surface area contributed by atoms with Crippen LogP contribution in [-0.4, -0.2) is 42.6 Å². The predicted octanol–water partition coefficient (Wildman–Crippen LogP) is 3.31. The Morgan fingerprint density at radius 2 is 2.00 bits per heavy atom. The summed E-state index contributed by atoms with van der Waals surface area (Å²) in [6.45, 7) is 10.3. The molecule has 1 aromatic rings. The zero-order chi connectivity index (χ0) is 17.4. The smallest absolute Gasteiger partial charge is 0.249 e. The van der Waals surface area contributed by atoms with Crippen LogP contribution in [0.4, 0.5) is 0 Å². The van der Waals surface area contributed by atoms with Crippen LogP contribution in [0.15, 0.2) is 43.0 Å². The summed E-state index contributed by atoms with van der Waals surface area (Å²) < 4.78 is 5.51. The maximum absolute atomic E-state index is 12.2. The highest BCUT2D eigenvalue weighted by Crippen LogP contribution is 2.24. The third kappa shape index (κ3) is 5.46. The molecule has 1 fully saturated rings. The molecule has 2 rings (SSSR count). The van der Waals surface area contributed by atoms with E-state index in [9.17, 15) is 4.79 Å². The number of ether oxygens (including phenoxy) is 1. The number of benzene rings is 1. The van der Waals surface area contributed by atoms with Crippen LogP contribution in [0.2, 0.25) is 0 Å². The molecule has 2 atom stereocenters. The Balaban J connectivity index is 1.74. The lowest BCUT2D eigenvalue weighted by Gasteiger charge is -2.36. The van der Waals surface area contributed by atoms with Gasteiger partial charge in [0.2, 0.25) is 5.91 Å². The first-order chi connectivity index (χ1) is 11.6. The first-order valence-electron chi connectivity index (χ1n) is 8.93. The number of piperidine rings is 1. The van der Waals surface area contributed by atoms with Gasteiger partial charge in [0.15, 0.2) is 0 Å². The van der Waals surface area contributed by atoms with Crippen molar-refractivity contribution in [2.45, 2.75) is 51.3 Å². The maximum atomic E-state index is 12.2. The van der Waals surface area contributed by atoms with Gasteiger partial charge in [-0.2, -0.15) is 0 Å². The minimum Gasteiger partial charge on any atom is -0.368 e. The molecule has 1 saturated heterocycles. The first-order valence-corrected chi connectivity index (χ1v) is 8.93. The Kier molecular flexibility index (Phi) is 7.47. The maximum Gasteiger partial charge on any atom is 0.249 e. The summed E-state index contributed by atoms with van der Waals surface area (Å²) >= 11 is 0. The van der Waals surface area contributed by atoms with Gasteiger partial charge in [0, 0.05) is 25.2 Å². The SMILES string of the molecule is C=CCCO[C@@H](C)C(=O)NC1CCN([C@H](C)c2ccccc2)CC1. The number of hydrogen-bond acceptors (Lipinski definition) is 3. The topological polar surface area (TPSA) is 41.6 Å². The van der Waals surface area contributed by atoms with Crippen LogP contribution >= 0.6 is 0 Å². The van der Waals surface area contributed by atoms with Crippen molar-refractivity contribution in [2.24, 2.45) is 0 Å². The van der Waals surface area contributed by atoms with Crippen molar-refractivity contribution in [3.05, 3.63) is 48.6 Å². The van der Waals surface area contributed by atoms with E-state index in [1.807, 2.05) is 6.92 Å². The number of hydrogen-bond donors (Lipinski definition) is 1. The second-order valence-electron chi connectivity index (χ2n) is 6.50. The van der Waals surface area contributed by atoms with E-state index >= 15 is 0 Å². The molecule has 0 aromatic heterocycles. The van der Waals surface area contributed by atoms with Crippen molar-refractivity contribution < 1.29 is 9.53 Å². The van der Waals surface area contributed by atoms with Crippen LogP contribution < -0.4 is 5.32 Å². The van der Waals surface area contributed by atoms with E-state index in [0.29, 0.717) is 12.6 Å². The molecule has 24 heavy (non-hydrogen) atoms. The average molecular weight is 330 g/mol. The summed E-state index contributed by atoms with van der Waals surface area (Å²) in [5, 5.41) is 3.13. The molecule has 0 bridgehead atoms. The second-order valence-corrected chi connectivity index (χ2v) is 6.50. The van der Waals surface area contributed by atoms with Crippen molar-refractivity contribution in [2.75, 3.05) is 19.7 Å². The van der Waals surface area contributed by atoms with Gasteiger partial charge >= 0.3 is 0 Å². The summed E-state index contributed by atoms with van der Waals surface area (Å²) in [5.41, 5.74) is 1.35. The molecule has 0 aliphatic carbocycles.